The number of furan rings is 1. The molecule has 1 aromatic carbocycles. The van der Waals surface area contributed by atoms with Gasteiger partial charge in [-0.15, -0.1) is 0 Å². The lowest BCUT2D eigenvalue weighted by Gasteiger charge is -2.05. The summed E-state index contributed by atoms with van der Waals surface area (Å²) in [6.45, 7) is 1.37. The van der Waals surface area contributed by atoms with Crippen LogP contribution in [0.2, 0.25) is 5.02 Å². The molecule has 0 aliphatic carbocycles. The van der Waals surface area contributed by atoms with Crippen molar-refractivity contribution in [2.75, 3.05) is 4.72 Å². The summed E-state index contributed by atoms with van der Waals surface area (Å²) in [5.41, 5.74) is 0.777. The molecule has 2 N–H and O–H groups in total. The van der Waals surface area contributed by atoms with Crippen LogP contribution in [0, 0.1) is 6.92 Å². The predicted molar refractivity (Wildman–Crippen MR) is 89.8 cm³/mol. The van der Waals surface area contributed by atoms with Gasteiger partial charge in [0.25, 0.3) is 10.0 Å². The third kappa shape index (κ3) is 3.37. The van der Waals surface area contributed by atoms with Gasteiger partial charge in [0.05, 0.1) is 28.8 Å². The molecule has 0 bridgehead atoms. The van der Waals surface area contributed by atoms with E-state index in [1.54, 1.807) is 24.3 Å². The number of rotatable bonds is 5. The van der Waals surface area contributed by atoms with Crippen LogP contribution < -0.4 is 4.72 Å². The Morgan fingerprint density at radius 1 is 1.36 bits per heavy atom. The van der Waals surface area contributed by atoms with E-state index >= 15 is 0 Å². The molecule has 0 saturated heterocycles. The number of aromatic carboxylic acids is 1. The van der Waals surface area contributed by atoms with Crippen molar-refractivity contribution in [3.8, 4) is 5.69 Å². The van der Waals surface area contributed by atoms with Gasteiger partial charge in [-0.25, -0.2) is 17.9 Å². The highest BCUT2D eigenvalue weighted by Crippen LogP contribution is 2.24. The van der Waals surface area contributed by atoms with Crippen molar-refractivity contribution in [1.82, 2.24) is 9.78 Å². The summed E-state index contributed by atoms with van der Waals surface area (Å²) in [6, 6.07) is 7.91. The van der Waals surface area contributed by atoms with Gasteiger partial charge in [-0.3, -0.25) is 4.72 Å². The van der Waals surface area contributed by atoms with Gasteiger partial charge >= 0.3 is 5.97 Å². The predicted octanol–water partition coefficient (Wildman–Crippen LogP) is 2.93. The van der Waals surface area contributed by atoms with E-state index < -0.39 is 21.8 Å². The topological polar surface area (TPSA) is 114 Å². The fraction of sp³-hybridized carbons (Fsp3) is 0.0667. The number of carboxylic acid groups (broad SMARTS) is 1. The van der Waals surface area contributed by atoms with E-state index in [0.29, 0.717) is 10.7 Å². The lowest BCUT2D eigenvalue weighted by Crippen LogP contribution is -2.12. The lowest BCUT2D eigenvalue weighted by atomic mass is 10.3. The summed E-state index contributed by atoms with van der Waals surface area (Å²) in [4.78, 5) is 10.7. The molecule has 0 radical (unpaired) electrons. The van der Waals surface area contributed by atoms with Gasteiger partial charge in [0.1, 0.15) is 10.7 Å². The Bertz CT molecular complexity index is 1050. The Kier molecular flexibility index (Phi) is 4.27. The zero-order chi connectivity index (χ0) is 18.2. The number of anilines is 1. The highest BCUT2D eigenvalue weighted by Gasteiger charge is 2.24. The van der Waals surface area contributed by atoms with Crippen molar-refractivity contribution in [2.45, 2.75) is 11.8 Å². The fourth-order valence-corrected chi connectivity index (χ4v) is 3.62. The molecule has 2 aromatic heterocycles. The van der Waals surface area contributed by atoms with Crippen molar-refractivity contribution in [3.05, 3.63) is 59.3 Å². The quantitative estimate of drug-likeness (QED) is 0.702. The number of benzene rings is 1. The van der Waals surface area contributed by atoms with Gasteiger partial charge in [0.2, 0.25) is 5.76 Å². The summed E-state index contributed by atoms with van der Waals surface area (Å²) in [6.07, 6.45) is 2.76. The maximum Gasteiger partial charge on any atom is 0.371 e. The monoisotopic (exact) mass is 381 g/mol. The minimum Gasteiger partial charge on any atom is -0.475 e. The molecule has 0 fully saturated rings. The zero-order valence-electron chi connectivity index (χ0n) is 12.8. The van der Waals surface area contributed by atoms with Crippen LogP contribution >= 0.6 is 11.6 Å². The molecule has 25 heavy (non-hydrogen) atoms. The van der Waals surface area contributed by atoms with E-state index in [4.69, 9.17) is 21.1 Å². The molecular formula is C15H12ClN3O5S. The van der Waals surface area contributed by atoms with E-state index in [1.807, 2.05) is 0 Å². The number of sulfonamides is 1. The van der Waals surface area contributed by atoms with E-state index in [0.717, 1.165) is 6.07 Å². The van der Waals surface area contributed by atoms with E-state index in [9.17, 15) is 13.2 Å². The molecule has 3 rings (SSSR count). The molecule has 130 valence electrons. The van der Waals surface area contributed by atoms with Gasteiger partial charge in [0, 0.05) is 6.07 Å². The minimum atomic E-state index is -4.03. The van der Waals surface area contributed by atoms with Crippen LogP contribution in [-0.2, 0) is 10.0 Å². The minimum absolute atomic E-state index is 0.0246. The zero-order valence-corrected chi connectivity index (χ0v) is 14.4. The number of para-hydroxylation sites is 1. The molecule has 8 nitrogen and oxygen atoms in total. The Hall–Kier alpha value is -2.78. The summed E-state index contributed by atoms with van der Waals surface area (Å²) < 4.78 is 33.6. The van der Waals surface area contributed by atoms with E-state index in [-0.39, 0.29) is 16.3 Å². The van der Waals surface area contributed by atoms with Gasteiger partial charge < -0.3 is 9.52 Å². The molecule has 10 heteroatoms. The van der Waals surface area contributed by atoms with Crippen LogP contribution in [0.25, 0.3) is 5.69 Å². The largest absolute Gasteiger partial charge is 0.475 e. The van der Waals surface area contributed by atoms with Gasteiger partial charge in [-0.05, 0) is 19.1 Å². The third-order valence-corrected chi connectivity index (χ3v) is 5.11. The third-order valence-electron chi connectivity index (χ3n) is 3.31. The number of carboxylic acids is 1. The summed E-state index contributed by atoms with van der Waals surface area (Å²) in [7, 11) is -4.03. The van der Waals surface area contributed by atoms with Crippen LogP contribution in [0.1, 0.15) is 16.3 Å². The summed E-state index contributed by atoms with van der Waals surface area (Å²) in [5.74, 6) is -1.83. The second kappa shape index (κ2) is 6.26. The normalized spacial score (nSPS) is 11.4. The van der Waals surface area contributed by atoms with Crippen LogP contribution in [0.5, 0.6) is 0 Å². The van der Waals surface area contributed by atoms with Crippen LogP contribution in [-0.4, -0.2) is 29.3 Å². The average Bonchev–Trinajstić information content (AvgIpc) is 3.14. The molecule has 2 heterocycles. The number of aromatic nitrogens is 2. The number of hydrogen-bond acceptors (Lipinski definition) is 5. The number of halogens is 1. The Balaban J connectivity index is 1.90. The highest BCUT2D eigenvalue weighted by atomic mass is 35.5. The first-order valence-corrected chi connectivity index (χ1v) is 8.80. The number of nitrogens with zero attached hydrogens (tertiary/aromatic N) is 2. The Labute approximate surface area is 147 Å². The smallest absolute Gasteiger partial charge is 0.371 e. The van der Waals surface area contributed by atoms with Crippen LogP contribution in [0.15, 0.2) is 52.0 Å². The fourth-order valence-electron chi connectivity index (χ4n) is 2.19. The molecule has 0 aliphatic heterocycles. The van der Waals surface area contributed by atoms with Crippen molar-refractivity contribution in [1.29, 1.82) is 0 Å². The SMILES string of the molecule is Cc1oc(C(=O)O)cc1S(=O)(=O)Nc1cnn(-c2ccccc2Cl)c1. The standard InChI is InChI=1S/C15H12ClN3O5S/c1-9-14(6-13(24-9)15(20)21)25(22,23)18-10-7-17-19(8-10)12-5-3-2-4-11(12)16/h2-8,18H,1H3,(H,20,21). The van der Waals surface area contributed by atoms with Gasteiger partial charge in [0.15, 0.2) is 0 Å². The first-order valence-electron chi connectivity index (χ1n) is 6.94. The Morgan fingerprint density at radius 2 is 2.08 bits per heavy atom. The van der Waals surface area contributed by atoms with E-state index in [2.05, 4.69) is 9.82 Å². The first kappa shape index (κ1) is 17.1. The maximum absolute atomic E-state index is 12.4. The second-order valence-corrected chi connectivity index (χ2v) is 7.12. The number of aryl methyl sites for hydroxylation is 1. The van der Waals surface area contributed by atoms with Gasteiger partial charge in [-0.2, -0.15) is 5.10 Å². The first-order chi connectivity index (χ1) is 11.8. The average molecular weight is 382 g/mol. The molecule has 0 spiro atoms. The molecule has 0 amide bonds. The molecule has 0 aliphatic rings. The lowest BCUT2D eigenvalue weighted by molar-refractivity contribution is 0.0661. The second-order valence-electron chi connectivity index (χ2n) is 5.07. The van der Waals surface area contributed by atoms with Crippen molar-refractivity contribution in [2.24, 2.45) is 0 Å². The molecule has 0 unspecified atom stereocenters. The van der Waals surface area contributed by atoms with Crippen LogP contribution in [0.3, 0.4) is 0 Å². The molecule has 3 aromatic rings. The highest BCUT2D eigenvalue weighted by molar-refractivity contribution is 7.92. The van der Waals surface area contributed by atoms with Gasteiger partial charge in [-0.1, -0.05) is 23.7 Å². The van der Waals surface area contributed by atoms with E-state index in [1.165, 1.54) is 24.0 Å². The summed E-state index contributed by atoms with van der Waals surface area (Å²) >= 11 is 6.08. The van der Waals surface area contributed by atoms with Crippen LogP contribution in [0.4, 0.5) is 5.69 Å². The molecular weight excluding hydrogens is 370 g/mol. The van der Waals surface area contributed by atoms with Crippen molar-refractivity contribution < 1.29 is 22.7 Å². The maximum atomic E-state index is 12.4. The molecule has 0 saturated carbocycles. The Morgan fingerprint density at radius 3 is 2.72 bits per heavy atom. The number of carbonyl (C=O) groups is 1. The molecule has 0 atom stereocenters. The summed E-state index contributed by atoms with van der Waals surface area (Å²) in [5, 5.41) is 13.4. The van der Waals surface area contributed by atoms with Crippen molar-refractivity contribution in [3.63, 3.8) is 0 Å². The van der Waals surface area contributed by atoms with Crippen molar-refractivity contribution >= 4 is 33.3 Å². The number of nitrogens with one attached hydrogen (secondary N) is 1. The number of hydrogen-bond donors (Lipinski definition) is 2.